The lowest BCUT2D eigenvalue weighted by molar-refractivity contribution is 0.0734. The molecule has 0 bridgehead atoms. The Kier molecular flexibility index (Phi) is 5.18. The second-order valence-corrected chi connectivity index (χ2v) is 7.37. The third kappa shape index (κ3) is 3.73. The van der Waals surface area contributed by atoms with Gasteiger partial charge in [0.05, 0.1) is 11.5 Å². The van der Waals surface area contributed by atoms with Gasteiger partial charge >= 0.3 is 5.97 Å². The number of fused-ring (bicyclic) bond motifs is 1. The van der Waals surface area contributed by atoms with Gasteiger partial charge in [0.25, 0.3) is 0 Å². The first-order valence-corrected chi connectivity index (χ1v) is 9.60. The molecule has 1 heterocycles. The van der Waals surface area contributed by atoms with Gasteiger partial charge in [0, 0.05) is 16.7 Å². The maximum Gasteiger partial charge on any atom is 0.343 e. The van der Waals surface area contributed by atoms with Crippen molar-refractivity contribution in [3.8, 4) is 17.6 Å². The lowest BCUT2D eigenvalue weighted by Crippen LogP contribution is -2.21. The molecular formula is C24H17ClN2O3. The quantitative estimate of drug-likeness (QED) is 0.475. The molecule has 0 saturated heterocycles. The molecule has 1 aliphatic heterocycles. The zero-order valence-corrected chi connectivity index (χ0v) is 16.8. The van der Waals surface area contributed by atoms with Crippen LogP contribution in [0.25, 0.3) is 0 Å². The minimum atomic E-state index is -0.471. The van der Waals surface area contributed by atoms with Crippen molar-refractivity contribution in [2.24, 2.45) is 5.73 Å². The molecule has 0 aromatic heterocycles. The Labute approximate surface area is 178 Å². The van der Waals surface area contributed by atoms with Gasteiger partial charge in [-0.15, -0.1) is 0 Å². The molecule has 5 nitrogen and oxygen atoms in total. The summed E-state index contributed by atoms with van der Waals surface area (Å²) in [6.07, 6.45) is 0. The fourth-order valence-electron chi connectivity index (χ4n) is 3.35. The number of rotatable bonds is 3. The zero-order valence-electron chi connectivity index (χ0n) is 16.1. The number of nitrogens with zero attached hydrogens (tertiary/aromatic N) is 1. The molecule has 6 heteroatoms. The molecule has 0 amide bonds. The van der Waals surface area contributed by atoms with Crippen LogP contribution in [0.4, 0.5) is 0 Å². The predicted molar refractivity (Wildman–Crippen MR) is 113 cm³/mol. The summed E-state index contributed by atoms with van der Waals surface area (Å²) in [5, 5.41) is 10.2. The summed E-state index contributed by atoms with van der Waals surface area (Å²) in [6.45, 7) is 1.94. The van der Waals surface area contributed by atoms with Crippen LogP contribution < -0.4 is 15.2 Å². The number of ether oxygens (including phenoxy) is 2. The average molecular weight is 417 g/mol. The Morgan fingerprint density at radius 2 is 1.80 bits per heavy atom. The zero-order chi connectivity index (χ0) is 21.3. The molecule has 0 radical (unpaired) electrons. The van der Waals surface area contributed by atoms with Gasteiger partial charge in [-0.3, -0.25) is 0 Å². The molecular weight excluding hydrogens is 400 g/mol. The van der Waals surface area contributed by atoms with Crippen LogP contribution in [0.1, 0.15) is 33.0 Å². The summed E-state index contributed by atoms with van der Waals surface area (Å²) in [4.78, 5) is 12.4. The first-order chi connectivity index (χ1) is 14.5. The van der Waals surface area contributed by atoms with Crippen molar-refractivity contribution in [2.45, 2.75) is 12.8 Å². The van der Waals surface area contributed by atoms with E-state index in [1.165, 1.54) is 0 Å². The van der Waals surface area contributed by atoms with E-state index in [-0.39, 0.29) is 5.88 Å². The normalized spacial score (nSPS) is 15.0. The number of carbonyl (C=O) groups excluding carboxylic acids is 1. The highest BCUT2D eigenvalue weighted by molar-refractivity contribution is 6.30. The van der Waals surface area contributed by atoms with Gasteiger partial charge in [-0.25, -0.2) is 4.79 Å². The average Bonchev–Trinajstić information content (AvgIpc) is 2.74. The monoisotopic (exact) mass is 416 g/mol. The van der Waals surface area contributed by atoms with Crippen molar-refractivity contribution in [2.75, 3.05) is 0 Å². The van der Waals surface area contributed by atoms with E-state index in [0.29, 0.717) is 27.7 Å². The minimum Gasteiger partial charge on any atom is -0.440 e. The van der Waals surface area contributed by atoms with Crippen molar-refractivity contribution in [3.05, 3.63) is 105 Å². The summed E-state index contributed by atoms with van der Waals surface area (Å²) in [6, 6.07) is 21.5. The van der Waals surface area contributed by atoms with E-state index < -0.39 is 11.9 Å². The van der Waals surface area contributed by atoms with Gasteiger partial charge in [0.1, 0.15) is 23.1 Å². The van der Waals surface area contributed by atoms with E-state index in [1.807, 2.05) is 31.2 Å². The molecule has 1 atom stereocenters. The van der Waals surface area contributed by atoms with Crippen molar-refractivity contribution in [3.63, 3.8) is 0 Å². The van der Waals surface area contributed by atoms with Crippen molar-refractivity contribution in [1.29, 1.82) is 5.26 Å². The highest BCUT2D eigenvalue weighted by Crippen LogP contribution is 2.43. The van der Waals surface area contributed by atoms with Crippen molar-refractivity contribution in [1.82, 2.24) is 0 Å². The molecule has 0 saturated carbocycles. The highest BCUT2D eigenvalue weighted by atomic mass is 35.5. The number of carbonyl (C=O) groups is 1. The molecule has 2 N–H and O–H groups in total. The van der Waals surface area contributed by atoms with Gasteiger partial charge in [-0.05, 0) is 42.8 Å². The lowest BCUT2D eigenvalue weighted by Gasteiger charge is -2.26. The van der Waals surface area contributed by atoms with E-state index in [2.05, 4.69) is 6.07 Å². The number of nitriles is 1. The van der Waals surface area contributed by atoms with E-state index in [9.17, 15) is 10.1 Å². The third-order valence-corrected chi connectivity index (χ3v) is 5.14. The van der Waals surface area contributed by atoms with Crippen LogP contribution in [0, 0.1) is 18.3 Å². The summed E-state index contributed by atoms with van der Waals surface area (Å²) in [7, 11) is 0. The van der Waals surface area contributed by atoms with Gasteiger partial charge in [0.15, 0.2) is 0 Å². The molecule has 1 aliphatic rings. The molecule has 0 aliphatic carbocycles. The third-order valence-electron chi connectivity index (χ3n) is 4.89. The van der Waals surface area contributed by atoms with Crippen LogP contribution in [0.2, 0.25) is 5.02 Å². The number of halogens is 1. The number of hydrogen-bond donors (Lipinski definition) is 1. The van der Waals surface area contributed by atoms with Crippen LogP contribution in [-0.2, 0) is 0 Å². The Hall–Kier alpha value is -3.75. The van der Waals surface area contributed by atoms with Crippen LogP contribution in [-0.4, -0.2) is 5.97 Å². The molecule has 1 unspecified atom stereocenters. The maximum atomic E-state index is 12.4. The molecule has 4 rings (SSSR count). The summed E-state index contributed by atoms with van der Waals surface area (Å²) in [5.41, 5.74) is 9.44. The Balaban J connectivity index is 1.68. The van der Waals surface area contributed by atoms with Gasteiger partial charge in [0.2, 0.25) is 5.88 Å². The summed E-state index contributed by atoms with van der Waals surface area (Å²) in [5.74, 6) is -0.103. The van der Waals surface area contributed by atoms with Crippen LogP contribution >= 0.6 is 11.6 Å². The summed E-state index contributed by atoms with van der Waals surface area (Å²) >= 11 is 6.00. The van der Waals surface area contributed by atoms with E-state index >= 15 is 0 Å². The molecule has 0 spiro atoms. The standard InChI is InChI=1S/C24H17ClN2O3/c1-14-2-4-16(5-3-14)24(28)29-18-10-11-19-21(12-18)30-23(27)20(13-26)22(19)15-6-8-17(25)9-7-15/h2-12,22H,27H2,1H3. The lowest BCUT2D eigenvalue weighted by atomic mass is 9.83. The molecule has 3 aromatic carbocycles. The number of esters is 1. The second kappa shape index (κ2) is 7.94. The van der Waals surface area contributed by atoms with Crippen molar-refractivity contribution < 1.29 is 14.3 Å². The van der Waals surface area contributed by atoms with E-state index in [4.69, 9.17) is 26.8 Å². The van der Waals surface area contributed by atoms with Crippen LogP contribution in [0.5, 0.6) is 11.5 Å². The fraction of sp³-hybridized carbons (Fsp3) is 0.0833. The fourth-order valence-corrected chi connectivity index (χ4v) is 3.48. The summed E-state index contributed by atoms with van der Waals surface area (Å²) < 4.78 is 11.2. The minimum absolute atomic E-state index is 0.0203. The van der Waals surface area contributed by atoms with E-state index in [0.717, 1.165) is 16.7 Å². The molecule has 30 heavy (non-hydrogen) atoms. The maximum absolute atomic E-state index is 12.4. The highest BCUT2D eigenvalue weighted by Gasteiger charge is 2.31. The molecule has 0 fully saturated rings. The number of hydrogen-bond acceptors (Lipinski definition) is 5. The molecule has 148 valence electrons. The number of nitrogens with two attached hydrogens (primary N) is 1. The Morgan fingerprint density at radius 3 is 2.47 bits per heavy atom. The Bertz CT molecular complexity index is 1190. The van der Waals surface area contributed by atoms with Gasteiger partial charge in [-0.1, -0.05) is 47.5 Å². The van der Waals surface area contributed by atoms with Crippen molar-refractivity contribution >= 4 is 17.6 Å². The van der Waals surface area contributed by atoms with E-state index in [1.54, 1.807) is 42.5 Å². The predicted octanol–water partition coefficient (Wildman–Crippen LogP) is 5.09. The molecule has 3 aromatic rings. The van der Waals surface area contributed by atoms with Gasteiger partial charge in [-0.2, -0.15) is 5.26 Å². The second-order valence-electron chi connectivity index (χ2n) is 6.93. The van der Waals surface area contributed by atoms with Crippen LogP contribution in [0.3, 0.4) is 0 Å². The number of allylic oxidation sites excluding steroid dienone is 1. The number of benzene rings is 3. The largest absolute Gasteiger partial charge is 0.440 e. The van der Waals surface area contributed by atoms with Gasteiger partial charge < -0.3 is 15.2 Å². The topological polar surface area (TPSA) is 85.3 Å². The Morgan fingerprint density at radius 1 is 1.10 bits per heavy atom. The first-order valence-electron chi connectivity index (χ1n) is 9.22. The smallest absolute Gasteiger partial charge is 0.343 e. The van der Waals surface area contributed by atoms with Crippen LogP contribution in [0.15, 0.2) is 78.2 Å². The SMILES string of the molecule is Cc1ccc(C(=O)Oc2ccc3c(c2)OC(N)=C(C#N)C3c2ccc(Cl)cc2)cc1. The number of aryl methyl sites for hydroxylation is 1. The first kappa shape index (κ1) is 19.6.